The van der Waals surface area contributed by atoms with Gasteiger partial charge < -0.3 is 10.2 Å². The van der Waals surface area contributed by atoms with E-state index in [0.717, 1.165) is 54.0 Å². The molecule has 4 heterocycles. The molecule has 4 aromatic rings. The first kappa shape index (κ1) is 17.8. The molecule has 0 aliphatic carbocycles. The van der Waals surface area contributed by atoms with E-state index in [1.165, 1.54) is 11.3 Å². The standard InChI is InChI=1S/C21H20N6OS/c28-21(15-8-11-29-13-15)25-16-6-9-26(10-7-16)19-18-12-24-27(20(18)23-14-22-19)17-4-2-1-3-5-17/h1-5,8,11-14,16H,6-7,9-10H2,(H,25,28). The second-order valence-electron chi connectivity index (χ2n) is 7.07. The van der Waals surface area contributed by atoms with E-state index in [9.17, 15) is 4.79 Å². The van der Waals surface area contributed by atoms with Crippen LogP contribution in [0.1, 0.15) is 23.2 Å². The molecule has 1 saturated heterocycles. The Kier molecular flexibility index (Phi) is 4.69. The van der Waals surface area contributed by atoms with Crippen molar-refractivity contribution in [3.05, 3.63) is 65.2 Å². The van der Waals surface area contributed by atoms with Crippen LogP contribution in [0.4, 0.5) is 5.82 Å². The molecule has 5 rings (SSSR count). The normalized spacial score (nSPS) is 15.0. The van der Waals surface area contributed by atoms with Crippen LogP contribution in [0, 0.1) is 0 Å². The van der Waals surface area contributed by atoms with E-state index in [1.54, 1.807) is 6.33 Å². The van der Waals surface area contributed by atoms with E-state index in [1.807, 2.05) is 58.0 Å². The molecule has 0 atom stereocenters. The zero-order chi connectivity index (χ0) is 19.6. The predicted molar refractivity (Wildman–Crippen MR) is 114 cm³/mol. The Morgan fingerprint density at radius 2 is 1.93 bits per heavy atom. The number of carbonyl (C=O) groups excluding carboxylic acids is 1. The average Bonchev–Trinajstić information content (AvgIpc) is 3.45. The fraction of sp³-hybridized carbons (Fsp3) is 0.238. The first-order valence-corrected chi connectivity index (χ1v) is 10.6. The highest BCUT2D eigenvalue weighted by atomic mass is 32.1. The lowest BCUT2D eigenvalue weighted by Crippen LogP contribution is -2.45. The quantitative estimate of drug-likeness (QED) is 0.565. The Hall–Kier alpha value is -3.26. The van der Waals surface area contributed by atoms with Gasteiger partial charge in [0.25, 0.3) is 5.91 Å². The molecule has 0 saturated carbocycles. The van der Waals surface area contributed by atoms with Crippen molar-refractivity contribution in [2.75, 3.05) is 18.0 Å². The summed E-state index contributed by atoms with van der Waals surface area (Å²) < 4.78 is 1.84. The minimum absolute atomic E-state index is 0.0123. The second-order valence-corrected chi connectivity index (χ2v) is 7.85. The molecule has 29 heavy (non-hydrogen) atoms. The summed E-state index contributed by atoms with van der Waals surface area (Å²) in [6.07, 6.45) is 5.20. The maximum atomic E-state index is 12.3. The molecule has 1 N–H and O–H groups in total. The van der Waals surface area contributed by atoms with Gasteiger partial charge >= 0.3 is 0 Å². The zero-order valence-corrected chi connectivity index (χ0v) is 16.5. The summed E-state index contributed by atoms with van der Waals surface area (Å²) >= 11 is 1.54. The second kappa shape index (κ2) is 7.63. The molecule has 7 nitrogen and oxygen atoms in total. The fourth-order valence-corrected chi connectivity index (χ4v) is 4.38. The van der Waals surface area contributed by atoms with Crippen LogP contribution in [-0.4, -0.2) is 44.8 Å². The minimum Gasteiger partial charge on any atom is -0.356 e. The van der Waals surface area contributed by atoms with Gasteiger partial charge in [-0.05, 0) is 36.4 Å². The van der Waals surface area contributed by atoms with Crippen molar-refractivity contribution >= 4 is 34.1 Å². The molecule has 8 heteroatoms. The van der Waals surface area contributed by atoms with E-state index in [4.69, 9.17) is 0 Å². The lowest BCUT2D eigenvalue weighted by atomic mass is 10.0. The highest BCUT2D eigenvalue weighted by Gasteiger charge is 2.24. The van der Waals surface area contributed by atoms with Crippen molar-refractivity contribution in [2.45, 2.75) is 18.9 Å². The van der Waals surface area contributed by atoms with Crippen molar-refractivity contribution in [2.24, 2.45) is 0 Å². The maximum absolute atomic E-state index is 12.3. The van der Waals surface area contributed by atoms with Gasteiger partial charge in [0.15, 0.2) is 5.65 Å². The van der Waals surface area contributed by atoms with Crippen LogP contribution in [0.2, 0.25) is 0 Å². The Bertz CT molecular complexity index is 1120. The third-order valence-corrected chi connectivity index (χ3v) is 5.94. The Morgan fingerprint density at radius 3 is 2.69 bits per heavy atom. The lowest BCUT2D eigenvalue weighted by Gasteiger charge is -2.33. The van der Waals surface area contributed by atoms with Gasteiger partial charge in [0, 0.05) is 30.1 Å². The van der Waals surface area contributed by atoms with E-state index < -0.39 is 0 Å². The van der Waals surface area contributed by atoms with Crippen molar-refractivity contribution in [1.82, 2.24) is 25.1 Å². The number of hydrogen-bond donors (Lipinski definition) is 1. The lowest BCUT2D eigenvalue weighted by molar-refractivity contribution is 0.0931. The summed E-state index contributed by atoms with van der Waals surface area (Å²) in [6, 6.07) is 12.0. The number of para-hydroxylation sites is 1. The molecule has 146 valence electrons. The number of benzene rings is 1. The zero-order valence-electron chi connectivity index (χ0n) is 15.7. The molecule has 1 amide bonds. The topological polar surface area (TPSA) is 75.9 Å². The Labute approximate surface area is 172 Å². The van der Waals surface area contributed by atoms with Crippen LogP contribution in [0.5, 0.6) is 0 Å². The molecule has 0 unspecified atom stereocenters. The summed E-state index contributed by atoms with van der Waals surface area (Å²) in [5.74, 6) is 0.915. The molecule has 0 spiro atoms. The maximum Gasteiger partial charge on any atom is 0.252 e. The number of thiophene rings is 1. The number of piperidine rings is 1. The number of nitrogens with one attached hydrogen (secondary N) is 1. The predicted octanol–water partition coefficient (Wildman–Crippen LogP) is 3.28. The number of hydrogen-bond acceptors (Lipinski definition) is 6. The third kappa shape index (κ3) is 3.47. The van der Waals surface area contributed by atoms with E-state index in [0.29, 0.717) is 0 Å². The van der Waals surface area contributed by atoms with E-state index in [2.05, 4.69) is 25.3 Å². The van der Waals surface area contributed by atoms with Crippen molar-refractivity contribution in [3.63, 3.8) is 0 Å². The van der Waals surface area contributed by atoms with E-state index in [-0.39, 0.29) is 11.9 Å². The Morgan fingerprint density at radius 1 is 1.10 bits per heavy atom. The number of rotatable bonds is 4. The Balaban J connectivity index is 1.32. The van der Waals surface area contributed by atoms with Gasteiger partial charge in [-0.15, -0.1) is 0 Å². The van der Waals surface area contributed by atoms with Crippen LogP contribution < -0.4 is 10.2 Å². The van der Waals surface area contributed by atoms with Gasteiger partial charge in [-0.2, -0.15) is 16.4 Å². The summed E-state index contributed by atoms with van der Waals surface area (Å²) in [5.41, 5.74) is 2.51. The van der Waals surface area contributed by atoms with Gasteiger partial charge in [0.1, 0.15) is 12.1 Å². The van der Waals surface area contributed by atoms with Gasteiger partial charge in [0.05, 0.1) is 17.3 Å². The highest BCUT2D eigenvalue weighted by molar-refractivity contribution is 7.08. The largest absolute Gasteiger partial charge is 0.356 e. The molecular formula is C21H20N6OS. The monoisotopic (exact) mass is 404 g/mol. The SMILES string of the molecule is O=C(NC1CCN(c2ncnc3c2cnn3-c2ccccc2)CC1)c1ccsc1. The third-order valence-electron chi connectivity index (χ3n) is 5.26. The summed E-state index contributed by atoms with van der Waals surface area (Å²) in [4.78, 5) is 23.5. The summed E-state index contributed by atoms with van der Waals surface area (Å²) in [7, 11) is 0. The van der Waals surface area contributed by atoms with Gasteiger partial charge in [-0.1, -0.05) is 18.2 Å². The molecule has 1 fully saturated rings. The van der Waals surface area contributed by atoms with E-state index >= 15 is 0 Å². The number of nitrogens with zero attached hydrogens (tertiary/aromatic N) is 5. The van der Waals surface area contributed by atoms with Crippen molar-refractivity contribution < 1.29 is 4.79 Å². The van der Waals surface area contributed by atoms with Crippen LogP contribution in [0.15, 0.2) is 59.7 Å². The highest BCUT2D eigenvalue weighted by Crippen LogP contribution is 2.27. The number of amides is 1. The molecule has 3 aromatic heterocycles. The number of carbonyl (C=O) groups is 1. The molecule has 1 aliphatic heterocycles. The van der Waals surface area contributed by atoms with Crippen molar-refractivity contribution in [1.29, 1.82) is 0 Å². The van der Waals surface area contributed by atoms with Crippen LogP contribution in [0.25, 0.3) is 16.7 Å². The van der Waals surface area contributed by atoms with Crippen molar-refractivity contribution in [3.8, 4) is 5.69 Å². The molecule has 1 aromatic carbocycles. The number of anilines is 1. The summed E-state index contributed by atoms with van der Waals surface area (Å²) in [5, 5.41) is 12.4. The number of aromatic nitrogens is 4. The molecule has 0 radical (unpaired) electrons. The molecular weight excluding hydrogens is 384 g/mol. The van der Waals surface area contributed by atoms with Crippen LogP contribution in [-0.2, 0) is 0 Å². The van der Waals surface area contributed by atoms with Gasteiger partial charge in [-0.25, -0.2) is 14.6 Å². The van der Waals surface area contributed by atoms with Crippen LogP contribution in [0.3, 0.4) is 0 Å². The first-order valence-electron chi connectivity index (χ1n) is 9.62. The smallest absolute Gasteiger partial charge is 0.252 e. The molecule has 0 bridgehead atoms. The first-order chi connectivity index (χ1) is 14.3. The minimum atomic E-state index is 0.0123. The van der Waals surface area contributed by atoms with Gasteiger partial charge in [-0.3, -0.25) is 4.79 Å². The average molecular weight is 404 g/mol. The fourth-order valence-electron chi connectivity index (χ4n) is 3.74. The summed E-state index contributed by atoms with van der Waals surface area (Å²) in [6.45, 7) is 1.66. The van der Waals surface area contributed by atoms with Gasteiger partial charge in [0.2, 0.25) is 0 Å². The van der Waals surface area contributed by atoms with Crippen LogP contribution >= 0.6 is 11.3 Å². The molecule has 1 aliphatic rings. The number of fused-ring (bicyclic) bond motifs is 1.